The van der Waals surface area contributed by atoms with Crippen LogP contribution in [0.5, 0.6) is 0 Å². The summed E-state index contributed by atoms with van der Waals surface area (Å²) in [6.45, 7) is 0. The molecule has 168 valence electrons. The van der Waals surface area contributed by atoms with Gasteiger partial charge in [0, 0.05) is 37.8 Å². The number of nitrogens with zero attached hydrogens (tertiary/aromatic N) is 3. The van der Waals surface area contributed by atoms with Gasteiger partial charge in [0.05, 0.1) is 5.69 Å². The van der Waals surface area contributed by atoms with Crippen LogP contribution in [0, 0.1) is 11.8 Å². The summed E-state index contributed by atoms with van der Waals surface area (Å²) in [5.74, 6) is 3.34. The molecule has 2 saturated carbocycles. The number of aromatic nitrogens is 2. The van der Waals surface area contributed by atoms with Gasteiger partial charge < -0.3 is 20.9 Å². The third-order valence-corrected chi connectivity index (χ3v) is 7.81. The molecule has 6 nitrogen and oxygen atoms in total. The minimum absolute atomic E-state index is 0.437. The van der Waals surface area contributed by atoms with E-state index in [1.54, 1.807) is 0 Å². The van der Waals surface area contributed by atoms with Gasteiger partial charge >= 0.3 is 0 Å². The molecule has 1 aromatic heterocycles. The maximum atomic E-state index is 5.63. The van der Waals surface area contributed by atoms with E-state index >= 15 is 0 Å². The van der Waals surface area contributed by atoms with E-state index < -0.39 is 0 Å². The van der Waals surface area contributed by atoms with E-state index in [0.29, 0.717) is 24.0 Å². The Labute approximate surface area is 191 Å². The molecular formula is C24H36N6S. The first-order valence-electron chi connectivity index (χ1n) is 12.1. The summed E-state index contributed by atoms with van der Waals surface area (Å²) >= 11 is 5.63. The lowest BCUT2D eigenvalue weighted by Crippen LogP contribution is -2.48. The van der Waals surface area contributed by atoms with Gasteiger partial charge in [0.2, 0.25) is 5.95 Å². The molecule has 0 amide bonds. The van der Waals surface area contributed by atoms with Crippen molar-refractivity contribution in [3.05, 3.63) is 23.4 Å². The lowest BCUT2D eigenvalue weighted by molar-refractivity contribution is 0.382. The highest BCUT2D eigenvalue weighted by atomic mass is 32.1. The number of anilines is 2. The summed E-state index contributed by atoms with van der Waals surface area (Å²) in [6, 6.07) is 1.43. The van der Waals surface area contributed by atoms with Gasteiger partial charge in [-0.05, 0) is 88.3 Å². The second kappa shape index (κ2) is 8.93. The number of hydrogen-bond donors (Lipinski definition) is 3. The fourth-order valence-electron chi connectivity index (χ4n) is 5.92. The largest absolute Gasteiger partial charge is 0.362 e. The topological polar surface area (TPSA) is 65.1 Å². The average molecular weight is 441 g/mol. The van der Waals surface area contributed by atoms with Crippen LogP contribution in [-0.2, 0) is 12.8 Å². The molecular weight excluding hydrogens is 404 g/mol. The van der Waals surface area contributed by atoms with Crippen molar-refractivity contribution in [3.8, 4) is 0 Å². The van der Waals surface area contributed by atoms with E-state index in [1.807, 2.05) is 0 Å². The van der Waals surface area contributed by atoms with E-state index in [4.69, 9.17) is 22.2 Å². The molecule has 31 heavy (non-hydrogen) atoms. The average Bonchev–Trinajstić information content (AvgIpc) is 3.37. The zero-order chi connectivity index (χ0) is 21.4. The Morgan fingerprint density at radius 2 is 1.74 bits per heavy atom. The minimum Gasteiger partial charge on any atom is -0.362 e. The molecule has 7 heteroatoms. The van der Waals surface area contributed by atoms with Crippen LogP contribution in [0.15, 0.2) is 12.2 Å². The zero-order valence-electron chi connectivity index (χ0n) is 18.9. The van der Waals surface area contributed by atoms with Crippen LogP contribution in [0.2, 0.25) is 0 Å². The molecule has 0 aliphatic heterocycles. The van der Waals surface area contributed by atoms with Gasteiger partial charge in [-0.1, -0.05) is 12.2 Å². The van der Waals surface area contributed by atoms with Crippen LogP contribution in [0.25, 0.3) is 0 Å². The van der Waals surface area contributed by atoms with Gasteiger partial charge in [0.25, 0.3) is 0 Å². The van der Waals surface area contributed by atoms with Crippen molar-refractivity contribution in [2.45, 2.75) is 82.3 Å². The molecule has 3 N–H and O–H groups in total. The van der Waals surface area contributed by atoms with Gasteiger partial charge in [0.15, 0.2) is 5.11 Å². The number of nitrogens with one attached hydrogen (secondary N) is 3. The number of hydrogen-bond acceptors (Lipinski definition) is 5. The molecule has 0 aromatic carbocycles. The first kappa shape index (κ1) is 21.0. The maximum absolute atomic E-state index is 5.63. The predicted octanol–water partition coefficient (Wildman–Crippen LogP) is 3.57. The van der Waals surface area contributed by atoms with Crippen molar-refractivity contribution in [2.75, 3.05) is 24.3 Å². The summed E-state index contributed by atoms with van der Waals surface area (Å²) in [5.41, 5.74) is 2.59. The quantitative estimate of drug-likeness (QED) is 0.478. The molecule has 3 unspecified atom stereocenters. The Kier molecular flexibility index (Phi) is 6.04. The van der Waals surface area contributed by atoms with Crippen LogP contribution in [-0.4, -0.2) is 47.3 Å². The first-order chi connectivity index (χ1) is 15.0. The Morgan fingerprint density at radius 3 is 2.45 bits per heavy atom. The van der Waals surface area contributed by atoms with Crippen molar-refractivity contribution < 1.29 is 0 Å². The van der Waals surface area contributed by atoms with Gasteiger partial charge in [-0.15, -0.1) is 0 Å². The van der Waals surface area contributed by atoms with Crippen LogP contribution in [0.4, 0.5) is 11.8 Å². The van der Waals surface area contributed by atoms with Gasteiger partial charge in [0.1, 0.15) is 5.82 Å². The zero-order valence-corrected chi connectivity index (χ0v) is 19.7. The number of allylic oxidation sites excluding steroid dienone is 1. The summed E-state index contributed by atoms with van der Waals surface area (Å²) in [5, 5.41) is 11.7. The van der Waals surface area contributed by atoms with Crippen LogP contribution >= 0.6 is 12.2 Å². The number of rotatable bonds is 5. The minimum atomic E-state index is 0.437. The maximum Gasteiger partial charge on any atom is 0.225 e. The predicted molar refractivity (Wildman–Crippen MR) is 131 cm³/mol. The van der Waals surface area contributed by atoms with Gasteiger partial charge in [-0.25, -0.2) is 4.98 Å². The normalized spacial score (nSPS) is 31.2. The molecule has 1 heterocycles. The second-order valence-electron chi connectivity index (χ2n) is 10.1. The smallest absolute Gasteiger partial charge is 0.225 e. The van der Waals surface area contributed by atoms with Crippen molar-refractivity contribution in [1.82, 2.24) is 20.6 Å². The Hall–Kier alpha value is -1.89. The molecule has 4 aliphatic carbocycles. The molecule has 1 aromatic rings. The van der Waals surface area contributed by atoms with E-state index in [9.17, 15) is 0 Å². The van der Waals surface area contributed by atoms with Crippen molar-refractivity contribution in [1.29, 1.82) is 0 Å². The molecule has 3 atom stereocenters. The molecule has 0 saturated heterocycles. The summed E-state index contributed by atoms with van der Waals surface area (Å²) in [6.07, 6.45) is 16.4. The van der Waals surface area contributed by atoms with E-state index in [-0.39, 0.29) is 0 Å². The number of aryl methyl sites for hydroxylation is 1. The molecule has 0 radical (unpaired) electrons. The Morgan fingerprint density at radius 1 is 0.968 bits per heavy atom. The fraction of sp³-hybridized carbons (Fsp3) is 0.708. The first-order valence-corrected chi connectivity index (χ1v) is 12.5. The van der Waals surface area contributed by atoms with Gasteiger partial charge in [-0.3, -0.25) is 0 Å². The summed E-state index contributed by atoms with van der Waals surface area (Å²) in [7, 11) is 4.17. The molecule has 2 fully saturated rings. The summed E-state index contributed by atoms with van der Waals surface area (Å²) < 4.78 is 0. The molecule has 4 aliphatic rings. The highest BCUT2D eigenvalue weighted by Crippen LogP contribution is 2.39. The standard InChI is InChI=1S/C24H36N6S/c1-30(2)22-19-5-3-4-6-20(19)27-23(29-22)25-17-9-11-18(12-10-17)26-24(31)28-21-14-15-7-8-16(21)13-15/h7-8,15-18,21H,3-6,9-14H2,1-2H3,(H,25,27,29)(H2,26,28,31). The third kappa shape index (κ3) is 4.66. The van der Waals surface area contributed by atoms with E-state index in [2.05, 4.69) is 47.1 Å². The number of thiocarbonyl (C=S) groups is 1. The monoisotopic (exact) mass is 440 g/mol. The Balaban J connectivity index is 1.12. The third-order valence-electron chi connectivity index (χ3n) is 7.58. The molecule has 2 bridgehead atoms. The second-order valence-corrected chi connectivity index (χ2v) is 10.5. The van der Waals surface area contributed by atoms with Crippen molar-refractivity contribution in [2.24, 2.45) is 11.8 Å². The fourth-order valence-corrected chi connectivity index (χ4v) is 6.23. The van der Waals surface area contributed by atoms with Crippen molar-refractivity contribution >= 4 is 29.1 Å². The lowest BCUT2D eigenvalue weighted by Gasteiger charge is -2.32. The number of fused-ring (bicyclic) bond motifs is 3. The Bertz CT molecular complexity index is 845. The lowest BCUT2D eigenvalue weighted by atomic mass is 9.91. The SMILES string of the molecule is CN(C)c1nc(NC2CCC(NC(=S)NC3CC4C=CC3C4)CC2)nc2c1CCCC2. The highest BCUT2D eigenvalue weighted by molar-refractivity contribution is 7.80. The van der Waals surface area contributed by atoms with Crippen LogP contribution < -0.4 is 20.9 Å². The molecule has 5 rings (SSSR count). The van der Waals surface area contributed by atoms with Crippen LogP contribution in [0.3, 0.4) is 0 Å². The molecule has 0 spiro atoms. The van der Waals surface area contributed by atoms with E-state index in [0.717, 1.165) is 61.3 Å². The van der Waals surface area contributed by atoms with E-state index in [1.165, 1.54) is 36.9 Å². The van der Waals surface area contributed by atoms with Crippen LogP contribution in [0.1, 0.15) is 62.6 Å². The summed E-state index contributed by atoms with van der Waals surface area (Å²) in [4.78, 5) is 11.9. The van der Waals surface area contributed by atoms with Gasteiger partial charge in [-0.2, -0.15) is 4.98 Å². The highest BCUT2D eigenvalue weighted by Gasteiger charge is 2.36. The van der Waals surface area contributed by atoms with Crippen molar-refractivity contribution in [3.63, 3.8) is 0 Å².